The standard InChI is InChI=1S/C22H19F5N2O2S2/c1-12-3-2-4-13(9-12)10-14-11-32-22(28-14)29-7-5-15(6-8-29)33(30,31)21-19(26)17(24)16(23)18(25)20(21)27/h2-4,9,11,15H,5-8,10H2,1H3. The van der Waals surface area contributed by atoms with Gasteiger partial charge in [0.1, 0.15) is 4.90 Å². The molecule has 1 fully saturated rings. The average Bonchev–Trinajstić information content (AvgIpc) is 3.25. The van der Waals surface area contributed by atoms with Gasteiger partial charge in [0.15, 0.2) is 38.2 Å². The second kappa shape index (κ2) is 9.02. The number of piperidine rings is 1. The Bertz CT molecular complexity index is 1270. The van der Waals surface area contributed by atoms with Gasteiger partial charge in [0.25, 0.3) is 0 Å². The SMILES string of the molecule is Cc1cccc(Cc2csc(N3CCC(S(=O)(=O)c4c(F)c(F)c(F)c(F)c4F)CC3)n2)c1. The molecule has 0 spiro atoms. The first-order chi connectivity index (χ1) is 15.6. The Morgan fingerprint density at radius 3 is 2.21 bits per heavy atom. The van der Waals surface area contributed by atoms with Crippen LogP contribution in [0.15, 0.2) is 34.5 Å². The van der Waals surface area contributed by atoms with Crippen molar-refractivity contribution in [1.82, 2.24) is 4.98 Å². The minimum absolute atomic E-state index is 0.0331. The molecule has 1 aliphatic rings. The van der Waals surface area contributed by atoms with Crippen LogP contribution in [0.2, 0.25) is 0 Å². The van der Waals surface area contributed by atoms with Crippen LogP contribution in [0.4, 0.5) is 27.1 Å². The highest BCUT2D eigenvalue weighted by atomic mass is 32.2. The molecule has 1 saturated heterocycles. The highest BCUT2D eigenvalue weighted by Crippen LogP contribution is 2.34. The number of sulfone groups is 1. The van der Waals surface area contributed by atoms with Gasteiger partial charge < -0.3 is 4.90 Å². The lowest BCUT2D eigenvalue weighted by Gasteiger charge is -2.31. The molecule has 0 aliphatic carbocycles. The summed E-state index contributed by atoms with van der Waals surface area (Å²) in [6, 6.07) is 8.03. The summed E-state index contributed by atoms with van der Waals surface area (Å²) in [6.07, 6.45) is 0.576. The summed E-state index contributed by atoms with van der Waals surface area (Å²) in [5.74, 6) is -11.6. The topological polar surface area (TPSA) is 50.3 Å². The Morgan fingerprint density at radius 2 is 1.61 bits per heavy atom. The third-order valence-corrected chi connectivity index (χ3v) is 8.84. The van der Waals surface area contributed by atoms with Crippen molar-refractivity contribution in [2.45, 2.75) is 36.3 Å². The number of aryl methyl sites for hydroxylation is 1. The second-order valence-corrected chi connectivity index (χ2v) is 10.9. The lowest BCUT2D eigenvalue weighted by atomic mass is 10.1. The Hall–Kier alpha value is -2.53. The first-order valence-electron chi connectivity index (χ1n) is 10.1. The number of benzene rings is 2. The Labute approximate surface area is 191 Å². The Balaban J connectivity index is 1.48. The fourth-order valence-electron chi connectivity index (χ4n) is 3.91. The summed E-state index contributed by atoms with van der Waals surface area (Å²) in [7, 11) is -4.77. The van der Waals surface area contributed by atoms with Crippen molar-refractivity contribution in [3.8, 4) is 0 Å². The van der Waals surface area contributed by atoms with E-state index in [0.29, 0.717) is 11.6 Å². The molecule has 2 aromatic carbocycles. The maximum absolute atomic E-state index is 14.1. The van der Waals surface area contributed by atoms with Crippen LogP contribution in [0, 0.1) is 36.0 Å². The van der Waals surface area contributed by atoms with Crippen LogP contribution in [0.3, 0.4) is 0 Å². The third kappa shape index (κ3) is 4.48. The van der Waals surface area contributed by atoms with E-state index in [0.717, 1.165) is 16.8 Å². The zero-order valence-electron chi connectivity index (χ0n) is 17.4. The van der Waals surface area contributed by atoms with Gasteiger partial charge in [-0.15, -0.1) is 11.3 Å². The molecular formula is C22H19F5N2O2S2. The number of halogens is 5. The zero-order chi connectivity index (χ0) is 23.9. The zero-order valence-corrected chi connectivity index (χ0v) is 19.0. The Kier molecular flexibility index (Phi) is 6.45. The second-order valence-electron chi connectivity index (χ2n) is 7.92. The fraction of sp³-hybridized carbons (Fsp3) is 0.318. The molecule has 33 heavy (non-hydrogen) atoms. The van der Waals surface area contributed by atoms with Gasteiger partial charge in [-0.1, -0.05) is 29.8 Å². The molecule has 3 aromatic rings. The fourth-order valence-corrected chi connectivity index (χ4v) is 6.64. The molecule has 4 nitrogen and oxygen atoms in total. The number of anilines is 1. The quantitative estimate of drug-likeness (QED) is 0.209. The van der Waals surface area contributed by atoms with Gasteiger partial charge in [-0.05, 0) is 25.3 Å². The minimum Gasteiger partial charge on any atom is -0.348 e. The number of nitrogens with zero attached hydrogens (tertiary/aromatic N) is 2. The van der Waals surface area contributed by atoms with E-state index >= 15 is 0 Å². The van der Waals surface area contributed by atoms with Crippen molar-refractivity contribution < 1.29 is 30.4 Å². The number of rotatable bonds is 5. The third-order valence-electron chi connectivity index (χ3n) is 5.61. The molecule has 0 N–H and O–H groups in total. The number of hydrogen-bond acceptors (Lipinski definition) is 5. The van der Waals surface area contributed by atoms with E-state index in [1.807, 2.05) is 35.4 Å². The Morgan fingerprint density at radius 1 is 1.00 bits per heavy atom. The summed E-state index contributed by atoms with van der Waals surface area (Å²) >= 11 is 1.40. The largest absolute Gasteiger partial charge is 0.348 e. The first-order valence-corrected chi connectivity index (χ1v) is 12.5. The molecule has 11 heteroatoms. The van der Waals surface area contributed by atoms with Gasteiger partial charge in [-0.3, -0.25) is 0 Å². The molecule has 1 aromatic heterocycles. The summed E-state index contributed by atoms with van der Waals surface area (Å²) in [5.41, 5.74) is 3.11. The highest BCUT2D eigenvalue weighted by molar-refractivity contribution is 7.92. The van der Waals surface area contributed by atoms with Gasteiger partial charge in [0, 0.05) is 24.9 Å². The summed E-state index contributed by atoms with van der Waals surface area (Å²) < 4.78 is 94.0. The van der Waals surface area contributed by atoms with E-state index in [1.165, 1.54) is 11.3 Å². The molecule has 0 radical (unpaired) electrons. The molecule has 4 rings (SSSR count). The van der Waals surface area contributed by atoms with E-state index < -0.39 is 49.1 Å². The first kappa shape index (κ1) is 23.6. The van der Waals surface area contributed by atoms with Crippen molar-refractivity contribution in [2.24, 2.45) is 0 Å². The van der Waals surface area contributed by atoms with Crippen LogP contribution in [0.5, 0.6) is 0 Å². The monoisotopic (exact) mass is 502 g/mol. The van der Waals surface area contributed by atoms with Crippen LogP contribution >= 0.6 is 11.3 Å². The smallest absolute Gasteiger partial charge is 0.200 e. The van der Waals surface area contributed by atoms with E-state index in [2.05, 4.69) is 11.1 Å². The van der Waals surface area contributed by atoms with Crippen molar-refractivity contribution in [1.29, 1.82) is 0 Å². The number of hydrogen-bond donors (Lipinski definition) is 0. The van der Waals surface area contributed by atoms with Crippen molar-refractivity contribution in [2.75, 3.05) is 18.0 Å². The summed E-state index contributed by atoms with van der Waals surface area (Å²) in [6.45, 7) is 2.44. The van der Waals surface area contributed by atoms with E-state index in [-0.39, 0.29) is 25.9 Å². The van der Waals surface area contributed by atoms with Gasteiger partial charge in [0.2, 0.25) is 5.82 Å². The van der Waals surface area contributed by atoms with E-state index in [4.69, 9.17) is 0 Å². The normalized spacial score (nSPS) is 15.3. The molecule has 2 heterocycles. The molecule has 0 saturated carbocycles. The van der Waals surface area contributed by atoms with Crippen LogP contribution < -0.4 is 4.90 Å². The molecule has 0 atom stereocenters. The molecule has 1 aliphatic heterocycles. The van der Waals surface area contributed by atoms with Crippen molar-refractivity contribution in [3.05, 3.63) is 75.6 Å². The molecule has 0 amide bonds. The van der Waals surface area contributed by atoms with Gasteiger partial charge >= 0.3 is 0 Å². The van der Waals surface area contributed by atoms with Crippen molar-refractivity contribution in [3.63, 3.8) is 0 Å². The van der Waals surface area contributed by atoms with Crippen LogP contribution in [0.25, 0.3) is 0 Å². The van der Waals surface area contributed by atoms with Crippen LogP contribution in [-0.2, 0) is 16.3 Å². The average molecular weight is 503 g/mol. The number of thiazole rings is 1. The lowest BCUT2D eigenvalue weighted by molar-refractivity contribution is 0.356. The summed E-state index contributed by atoms with van der Waals surface area (Å²) in [5, 5.41) is 1.33. The predicted molar refractivity (Wildman–Crippen MR) is 115 cm³/mol. The molecule has 0 bridgehead atoms. The molecular weight excluding hydrogens is 483 g/mol. The van der Waals surface area contributed by atoms with Gasteiger partial charge in [0.05, 0.1) is 10.9 Å². The van der Waals surface area contributed by atoms with Gasteiger partial charge in [-0.2, -0.15) is 0 Å². The van der Waals surface area contributed by atoms with E-state index in [9.17, 15) is 30.4 Å². The maximum Gasteiger partial charge on any atom is 0.200 e. The highest BCUT2D eigenvalue weighted by Gasteiger charge is 2.39. The van der Waals surface area contributed by atoms with Crippen LogP contribution in [-0.4, -0.2) is 31.7 Å². The predicted octanol–water partition coefficient (Wildman–Crippen LogP) is 5.18. The van der Waals surface area contributed by atoms with Crippen molar-refractivity contribution >= 4 is 26.3 Å². The molecule has 0 unspecified atom stereocenters. The maximum atomic E-state index is 14.1. The van der Waals surface area contributed by atoms with Crippen LogP contribution in [0.1, 0.15) is 29.7 Å². The number of aromatic nitrogens is 1. The van der Waals surface area contributed by atoms with E-state index in [1.54, 1.807) is 0 Å². The summed E-state index contributed by atoms with van der Waals surface area (Å²) in [4.78, 5) is 4.70. The lowest BCUT2D eigenvalue weighted by Crippen LogP contribution is -2.40. The molecule has 176 valence electrons. The van der Waals surface area contributed by atoms with Gasteiger partial charge in [-0.25, -0.2) is 35.4 Å². The minimum atomic E-state index is -4.77.